The number of rotatable bonds is 4. The number of nitrogens with zero attached hydrogens (tertiary/aromatic N) is 3. The molecule has 162 valence electrons. The van der Waals surface area contributed by atoms with E-state index in [4.69, 9.17) is 0 Å². The van der Waals surface area contributed by atoms with Gasteiger partial charge in [-0.05, 0) is 37.0 Å². The molecule has 1 aromatic carbocycles. The molecule has 0 saturated heterocycles. The van der Waals surface area contributed by atoms with E-state index in [-0.39, 0.29) is 29.3 Å². The van der Waals surface area contributed by atoms with Gasteiger partial charge in [-0.3, -0.25) is 15.1 Å². The van der Waals surface area contributed by atoms with Crippen LogP contribution >= 0.6 is 0 Å². The van der Waals surface area contributed by atoms with Crippen molar-refractivity contribution in [2.75, 3.05) is 5.32 Å². The van der Waals surface area contributed by atoms with Crippen LogP contribution in [-0.2, 0) is 24.8 Å². The second kappa shape index (κ2) is 7.98. The summed E-state index contributed by atoms with van der Waals surface area (Å²) in [4.78, 5) is 32.4. The number of anilines is 1. The molecule has 31 heavy (non-hydrogen) atoms. The largest absolute Gasteiger partial charge is 0.334 e. The number of carbonyl (C=O) groups excluding carboxylic acids is 1. The van der Waals surface area contributed by atoms with Crippen molar-refractivity contribution in [3.63, 3.8) is 0 Å². The van der Waals surface area contributed by atoms with E-state index in [0.717, 1.165) is 41.8 Å². The number of hydrogen-bond donors (Lipinski definition) is 3. The lowest BCUT2D eigenvalue weighted by molar-refractivity contribution is 0.251. The minimum atomic E-state index is -0.450. The molecular formula is C22H25FN6O2. The number of amides is 2. The molecule has 8 nitrogen and oxygen atoms in total. The van der Waals surface area contributed by atoms with Crippen molar-refractivity contribution >= 4 is 11.8 Å². The lowest BCUT2D eigenvalue weighted by Crippen LogP contribution is -2.29. The molecular weight excluding hydrogens is 399 g/mol. The highest BCUT2D eigenvalue weighted by Gasteiger charge is 2.24. The Bertz CT molecular complexity index is 1170. The van der Waals surface area contributed by atoms with E-state index in [2.05, 4.69) is 25.7 Å². The van der Waals surface area contributed by atoms with Crippen molar-refractivity contribution in [2.45, 2.75) is 52.0 Å². The molecule has 0 radical (unpaired) electrons. The van der Waals surface area contributed by atoms with Crippen LogP contribution in [0.5, 0.6) is 0 Å². The summed E-state index contributed by atoms with van der Waals surface area (Å²) in [5.41, 5.74) is 2.56. The van der Waals surface area contributed by atoms with Gasteiger partial charge in [-0.15, -0.1) is 0 Å². The second-order valence-corrected chi connectivity index (χ2v) is 8.68. The average Bonchev–Trinajstić information content (AvgIpc) is 3.34. The molecule has 4 rings (SSSR count). The number of benzene rings is 1. The van der Waals surface area contributed by atoms with Crippen molar-refractivity contribution in [1.29, 1.82) is 0 Å². The Morgan fingerprint density at radius 3 is 2.68 bits per heavy atom. The number of aromatic amines is 1. The van der Waals surface area contributed by atoms with Gasteiger partial charge >= 0.3 is 6.03 Å². The first-order chi connectivity index (χ1) is 14.7. The van der Waals surface area contributed by atoms with Gasteiger partial charge in [0.1, 0.15) is 11.6 Å². The first kappa shape index (κ1) is 20.8. The highest BCUT2D eigenvalue weighted by atomic mass is 19.1. The number of carbonyl (C=O) groups is 1. The van der Waals surface area contributed by atoms with Crippen LogP contribution in [0.15, 0.2) is 35.1 Å². The van der Waals surface area contributed by atoms with Gasteiger partial charge in [0.25, 0.3) is 5.56 Å². The fourth-order valence-corrected chi connectivity index (χ4v) is 3.47. The van der Waals surface area contributed by atoms with Crippen LogP contribution in [0, 0.1) is 5.82 Å². The van der Waals surface area contributed by atoms with E-state index in [9.17, 15) is 14.0 Å². The maximum absolute atomic E-state index is 13.0. The summed E-state index contributed by atoms with van der Waals surface area (Å²) in [6.07, 6.45) is 2.37. The van der Waals surface area contributed by atoms with Crippen molar-refractivity contribution in [1.82, 2.24) is 25.1 Å². The summed E-state index contributed by atoms with van der Waals surface area (Å²) in [6, 6.07) is 7.22. The molecule has 3 aromatic rings. The third-order valence-electron chi connectivity index (χ3n) is 5.22. The third-order valence-corrected chi connectivity index (χ3v) is 5.22. The molecule has 0 spiro atoms. The van der Waals surface area contributed by atoms with Crippen molar-refractivity contribution in [3.8, 4) is 5.95 Å². The summed E-state index contributed by atoms with van der Waals surface area (Å²) < 4.78 is 14.5. The predicted molar refractivity (Wildman–Crippen MR) is 115 cm³/mol. The number of halogens is 1. The maximum Gasteiger partial charge on any atom is 0.320 e. The summed E-state index contributed by atoms with van der Waals surface area (Å²) in [7, 11) is 0. The molecule has 0 unspecified atom stereocenters. The molecule has 2 aromatic heterocycles. The minimum absolute atomic E-state index is 0.169. The second-order valence-electron chi connectivity index (χ2n) is 8.68. The number of hydrogen-bond acceptors (Lipinski definition) is 4. The zero-order valence-corrected chi connectivity index (χ0v) is 17.8. The fourth-order valence-electron chi connectivity index (χ4n) is 3.47. The maximum atomic E-state index is 13.0. The van der Waals surface area contributed by atoms with Crippen LogP contribution in [0.3, 0.4) is 0 Å². The molecule has 2 amide bonds. The summed E-state index contributed by atoms with van der Waals surface area (Å²) in [5, 5.41) is 10.1. The van der Waals surface area contributed by atoms with E-state index in [1.807, 2.05) is 20.8 Å². The van der Waals surface area contributed by atoms with E-state index in [1.165, 1.54) is 16.8 Å². The molecule has 2 heterocycles. The van der Waals surface area contributed by atoms with Gasteiger partial charge in [-0.2, -0.15) is 9.78 Å². The highest BCUT2D eigenvalue weighted by molar-refractivity contribution is 5.88. The molecule has 9 heteroatoms. The van der Waals surface area contributed by atoms with Gasteiger partial charge in [0.05, 0.1) is 11.4 Å². The van der Waals surface area contributed by atoms with Crippen molar-refractivity contribution < 1.29 is 9.18 Å². The van der Waals surface area contributed by atoms with Gasteiger partial charge in [-0.1, -0.05) is 32.9 Å². The fraction of sp³-hybridized carbons (Fsp3) is 0.364. The van der Waals surface area contributed by atoms with Gasteiger partial charge < -0.3 is 5.32 Å². The van der Waals surface area contributed by atoms with Crippen molar-refractivity contribution in [3.05, 3.63) is 69.0 Å². The number of nitrogens with one attached hydrogen (secondary N) is 3. The number of urea groups is 1. The zero-order valence-electron chi connectivity index (χ0n) is 17.8. The van der Waals surface area contributed by atoms with Gasteiger partial charge in [-0.25, -0.2) is 14.2 Å². The molecule has 0 bridgehead atoms. The first-order valence-corrected chi connectivity index (χ1v) is 10.2. The minimum Gasteiger partial charge on any atom is -0.334 e. The van der Waals surface area contributed by atoms with Crippen LogP contribution in [0.1, 0.15) is 49.7 Å². The number of fused-ring (bicyclic) bond motifs is 1. The van der Waals surface area contributed by atoms with Crippen molar-refractivity contribution in [2.24, 2.45) is 0 Å². The third kappa shape index (κ3) is 4.50. The predicted octanol–water partition coefficient (Wildman–Crippen LogP) is 3.20. The van der Waals surface area contributed by atoms with Crippen LogP contribution in [-0.4, -0.2) is 25.8 Å². The van der Waals surface area contributed by atoms with Gasteiger partial charge in [0.15, 0.2) is 0 Å². The summed E-state index contributed by atoms with van der Waals surface area (Å²) >= 11 is 0. The van der Waals surface area contributed by atoms with Crippen LogP contribution < -0.4 is 16.2 Å². The lowest BCUT2D eigenvalue weighted by atomic mass is 9.92. The number of aryl methyl sites for hydroxylation is 1. The molecule has 0 aliphatic heterocycles. The molecule has 0 saturated carbocycles. The Labute approximate surface area is 178 Å². The number of H-pyrrole nitrogens is 1. The van der Waals surface area contributed by atoms with Crippen LogP contribution in [0.4, 0.5) is 15.0 Å². The van der Waals surface area contributed by atoms with E-state index in [0.29, 0.717) is 5.82 Å². The molecule has 0 atom stereocenters. The number of aromatic nitrogens is 4. The van der Waals surface area contributed by atoms with Gasteiger partial charge in [0.2, 0.25) is 5.95 Å². The monoisotopic (exact) mass is 424 g/mol. The normalized spacial score (nSPS) is 13.2. The molecule has 1 aliphatic carbocycles. The smallest absolute Gasteiger partial charge is 0.320 e. The van der Waals surface area contributed by atoms with E-state index < -0.39 is 6.03 Å². The van der Waals surface area contributed by atoms with Gasteiger partial charge in [0, 0.05) is 23.6 Å². The van der Waals surface area contributed by atoms with Crippen LogP contribution in [0.2, 0.25) is 0 Å². The SMILES string of the molecule is CC(C)(C)c1cc(NC(=O)NCc2ccc(F)cc2)n(-c2nc3c(c(=O)[nH]2)CCC3)n1. The first-order valence-electron chi connectivity index (χ1n) is 10.2. The van der Waals surface area contributed by atoms with E-state index in [1.54, 1.807) is 18.2 Å². The molecule has 0 fully saturated rings. The van der Waals surface area contributed by atoms with E-state index >= 15 is 0 Å². The Kier molecular flexibility index (Phi) is 5.34. The quantitative estimate of drug-likeness (QED) is 0.598. The Balaban J connectivity index is 1.60. The zero-order chi connectivity index (χ0) is 22.2. The molecule has 3 N–H and O–H groups in total. The van der Waals surface area contributed by atoms with Crippen LogP contribution in [0.25, 0.3) is 5.95 Å². The highest BCUT2D eigenvalue weighted by Crippen LogP contribution is 2.26. The average molecular weight is 424 g/mol. The Morgan fingerprint density at radius 2 is 1.97 bits per heavy atom. The summed E-state index contributed by atoms with van der Waals surface area (Å²) in [6.45, 7) is 6.27. The Morgan fingerprint density at radius 1 is 1.23 bits per heavy atom. The topological polar surface area (TPSA) is 105 Å². The lowest BCUT2D eigenvalue weighted by Gasteiger charge is -2.14. The molecule has 1 aliphatic rings. The summed E-state index contributed by atoms with van der Waals surface area (Å²) in [5.74, 6) is 0.334. The standard InChI is InChI=1S/C22H25FN6O2/c1-22(2,3)17-11-18(26-21(31)24-12-13-7-9-14(23)10-8-13)29(28-17)20-25-16-6-4-5-15(16)19(30)27-20/h7-11H,4-6,12H2,1-3H3,(H2,24,26,31)(H,25,27,30). The Hall–Kier alpha value is -3.49.